The van der Waals surface area contributed by atoms with Gasteiger partial charge in [-0.1, -0.05) is 12.8 Å². The molecule has 0 spiro atoms. The number of fused-ring (bicyclic) bond motifs is 1. The SMILES string of the molecule is Cl.O=C(CNC(=O)C1CC2CCCCC2N1)NCC(F)(F)F. The molecule has 2 amide bonds. The predicted octanol–water partition coefficient (Wildman–Crippen LogP) is 1.12. The largest absolute Gasteiger partial charge is 0.405 e. The van der Waals surface area contributed by atoms with Gasteiger partial charge in [0.2, 0.25) is 11.8 Å². The number of nitrogens with one attached hydrogen (secondary N) is 3. The summed E-state index contributed by atoms with van der Waals surface area (Å²) in [6.07, 6.45) is 0.788. The number of hydrogen-bond acceptors (Lipinski definition) is 3. The van der Waals surface area contributed by atoms with Gasteiger partial charge in [-0.05, 0) is 25.2 Å². The van der Waals surface area contributed by atoms with Crippen molar-refractivity contribution in [3.63, 3.8) is 0 Å². The second-order valence-corrected chi connectivity index (χ2v) is 5.72. The summed E-state index contributed by atoms with van der Waals surface area (Å²) in [5.74, 6) is -0.656. The van der Waals surface area contributed by atoms with Crippen molar-refractivity contribution in [2.75, 3.05) is 13.1 Å². The third-order valence-electron chi connectivity index (χ3n) is 4.09. The van der Waals surface area contributed by atoms with Gasteiger partial charge in [0.25, 0.3) is 0 Å². The van der Waals surface area contributed by atoms with E-state index in [1.54, 1.807) is 5.32 Å². The molecule has 0 aromatic rings. The summed E-state index contributed by atoms with van der Waals surface area (Å²) < 4.78 is 35.8. The standard InChI is InChI=1S/C13H20F3N3O2.ClH/c14-13(15,16)7-18-11(20)6-17-12(21)10-5-8-3-1-2-4-9(8)19-10;/h8-10,19H,1-7H2,(H,17,21)(H,18,20);1H. The van der Waals surface area contributed by atoms with Crippen molar-refractivity contribution < 1.29 is 22.8 Å². The van der Waals surface area contributed by atoms with Crippen LogP contribution in [-0.4, -0.2) is 43.2 Å². The van der Waals surface area contributed by atoms with Gasteiger partial charge in [-0.2, -0.15) is 13.2 Å². The average molecular weight is 344 g/mol. The summed E-state index contributed by atoms with van der Waals surface area (Å²) in [7, 11) is 0. The molecule has 5 nitrogen and oxygen atoms in total. The van der Waals surface area contributed by atoms with Crippen molar-refractivity contribution in [2.24, 2.45) is 5.92 Å². The van der Waals surface area contributed by atoms with Gasteiger partial charge in [-0.25, -0.2) is 0 Å². The second kappa shape index (κ2) is 8.01. The van der Waals surface area contributed by atoms with Crippen molar-refractivity contribution in [3.05, 3.63) is 0 Å². The summed E-state index contributed by atoms with van der Waals surface area (Å²) >= 11 is 0. The van der Waals surface area contributed by atoms with Crippen LogP contribution in [0.4, 0.5) is 13.2 Å². The molecule has 2 rings (SSSR count). The van der Waals surface area contributed by atoms with E-state index in [0.29, 0.717) is 12.0 Å². The highest BCUT2D eigenvalue weighted by atomic mass is 35.5. The number of halogens is 4. The molecule has 22 heavy (non-hydrogen) atoms. The summed E-state index contributed by atoms with van der Waals surface area (Å²) in [6, 6.07) is 0.0158. The normalized spacial score (nSPS) is 27.5. The summed E-state index contributed by atoms with van der Waals surface area (Å²) in [5.41, 5.74) is 0. The van der Waals surface area contributed by atoms with Crippen LogP contribution in [0, 0.1) is 5.92 Å². The zero-order valence-corrected chi connectivity index (χ0v) is 12.9. The fourth-order valence-corrected chi connectivity index (χ4v) is 3.07. The number of hydrogen-bond donors (Lipinski definition) is 3. The Kier molecular flexibility index (Phi) is 6.93. The topological polar surface area (TPSA) is 70.2 Å². The summed E-state index contributed by atoms with van der Waals surface area (Å²) in [6.45, 7) is -1.81. The minimum atomic E-state index is -4.44. The monoisotopic (exact) mass is 343 g/mol. The van der Waals surface area contributed by atoms with Crippen LogP contribution in [0.1, 0.15) is 32.1 Å². The van der Waals surface area contributed by atoms with Crippen molar-refractivity contribution in [1.29, 1.82) is 0 Å². The molecule has 128 valence electrons. The van der Waals surface area contributed by atoms with E-state index < -0.39 is 25.2 Å². The Hall–Kier alpha value is -1.02. The minimum absolute atomic E-state index is 0. The van der Waals surface area contributed by atoms with Crippen molar-refractivity contribution in [2.45, 2.75) is 50.4 Å². The first-order valence-electron chi connectivity index (χ1n) is 7.22. The van der Waals surface area contributed by atoms with Gasteiger partial charge < -0.3 is 16.0 Å². The van der Waals surface area contributed by atoms with Crippen molar-refractivity contribution >= 4 is 24.2 Å². The van der Waals surface area contributed by atoms with E-state index in [2.05, 4.69) is 10.6 Å². The molecule has 9 heteroatoms. The maximum absolute atomic E-state index is 11.9. The van der Waals surface area contributed by atoms with Gasteiger partial charge >= 0.3 is 6.18 Å². The van der Waals surface area contributed by atoms with Crippen LogP contribution in [0.5, 0.6) is 0 Å². The second-order valence-electron chi connectivity index (χ2n) is 5.72. The molecule has 2 fully saturated rings. The van der Waals surface area contributed by atoms with Gasteiger partial charge in [0.05, 0.1) is 12.6 Å². The fraction of sp³-hybridized carbons (Fsp3) is 0.846. The third kappa shape index (κ3) is 5.64. The lowest BCUT2D eigenvalue weighted by molar-refractivity contribution is -0.138. The molecule has 0 radical (unpaired) electrons. The van der Waals surface area contributed by atoms with Gasteiger partial charge in [-0.15, -0.1) is 12.4 Å². The summed E-state index contributed by atoms with van der Waals surface area (Å²) in [5, 5.41) is 7.36. The number of rotatable bonds is 4. The molecule has 2 aliphatic rings. The van der Waals surface area contributed by atoms with Crippen LogP contribution < -0.4 is 16.0 Å². The first kappa shape index (κ1) is 19.0. The summed E-state index contributed by atoms with van der Waals surface area (Å²) in [4.78, 5) is 23.1. The maximum Gasteiger partial charge on any atom is 0.405 e. The van der Waals surface area contributed by atoms with Crippen LogP contribution in [-0.2, 0) is 9.59 Å². The number of amides is 2. The minimum Gasteiger partial charge on any atom is -0.346 e. The van der Waals surface area contributed by atoms with Crippen LogP contribution in [0.2, 0.25) is 0 Å². The number of carbonyl (C=O) groups excluding carboxylic acids is 2. The van der Waals surface area contributed by atoms with Crippen LogP contribution in [0.15, 0.2) is 0 Å². The molecule has 1 saturated heterocycles. The molecular weight excluding hydrogens is 323 g/mol. The Morgan fingerprint density at radius 3 is 2.45 bits per heavy atom. The Bertz CT molecular complexity index is 392. The molecule has 0 aromatic carbocycles. The average Bonchev–Trinajstić information content (AvgIpc) is 2.85. The third-order valence-corrected chi connectivity index (χ3v) is 4.09. The van der Waals surface area contributed by atoms with E-state index in [1.165, 1.54) is 6.42 Å². The molecule has 3 atom stereocenters. The first-order valence-corrected chi connectivity index (χ1v) is 7.22. The zero-order chi connectivity index (χ0) is 15.5. The molecule has 0 aromatic heterocycles. The molecular formula is C13H21ClF3N3O2. The fourth-order valence-electron chi connectivity index (χ4n) is 3.07. The Morgan fingerprint density at radius 1 is 1.14 bits per heavy atom. The Labute approximate surface area is 133 Å². The van der Waals surface area contributed by atoms with Crippen LogP contribution >= 0.6 is 12.4 Å². The highest BCUT2D eigenvalue weighted by Gasteiger charge is 2.38. The molecule has 1 heterocycles. The predicted molar refractivity (Wildman–Crippen MR) is 76.6 cm³/mol. The lowest BCUT2D eigenvalue weighted by Crippen LogP contribution is -2.47. The molecule has 0 bridgehead atoms. The first-order chi connectivity index (χ1) is 9.85. The molecule has 1 aliphatic heterocycles. The van der Waals surface area contributed by atoms with Gasteiger partial charge in [0.15, 0.2) is 0 Å². The zero-order valence-electron chi connectivity index (χ0n) is 12.0. The quantitative estimate of drug-likeness (QED) is 0.716. The lowest BCUT2D eigenvalue weighted by atomic mass is 9.85. The molecule has 1 saturated carbocycles. The van der Waals surface area contributed by atoms with E-state index in [9.17, 15) is 22.8 Å². The number of carbonyl (C=O) groups is 2. The van der Waals surface area contributed by atoms with Crippen LogP contribution in [0.3, 0.4) is 0 Å². The van der Waals surface area contributed by atoms with E-state index in [-0.39, 0.29) is 24.4 Å². The van der Waals surface area contributed by atoms with E-state index in [4.69, 9.17) is 0 Å². The Morgan fingerprint density at radius 2 is 1.82 bits per heavy atom. The highest BCUT2D eigenvalue weighted by Crippen LogP contribution is 2.33. The van der Waals surface area contributed by atoms with Gasteiger partial charge in [-0.3, -0.25) is 9.59 Å². The smallest absolute Gasteiger partial charge is 0.346 e. The van der Waals surface area contributed by atoms with E-state index in [0.717, 1.165) is 25.7 Å². The highest BCUT2D eigenvalue weighted by molar-refractivity contribution is 5.87. The van der Waals surface area contributed by atoms with Gasteiger partial charge in [0, 0.05) is 6.04 Å². The van der Waals surface area contributed by atoms with E-state index >= 15 is 0 Å². The van der Waals surface area contributed by atoms with Crippen molar-refractivity contribution in [3.8, 4) is 0 Å². The molecule has 3 N–H and O–H groups in total. The lowest BCUT2D eigenvalue weighted by Gasteiger charge is -2.24. The number of alkyl halides is 3. The molecule has 3 unspecified atom stereocenters. The van der Waals surface area contributed by atoms with Crippen molar-refractivity contribution in [1.82, 2.24) is 16.0 Å². The van der Waals surface area contributed by atoms with Crippen LogP contribution in [0.25, 0.3) is 0 Å². The van der Waals surface area contributed by atoms with Gasteiger partial charge in [0.1, 0.15) is 6.54 Å². The molecule has 1 aliphatic carbocycles. The maximum atomic E-state index is 11.9. The van der Waals surface area contributed by atoms with E-state index in [1.807, 2.05) is 0 Å². The Balaban J connectivity index is 0.00000242.